The second kappa shape index (κ2) is 7.38. The first-order valence-corrected chi connectivity index (χ1v) is 7.98. The molecule has 22 heavy (non-hydrogen) atoms. The third kappa shape index (κ3) is 4.29. The quantitative estimate of drug-likeness (QED) is 0.626. The van der Waals surface area contributed by atoms with Gasteiger partial charge in [-0.15, -0.1) is 0 Å². The maximum absolute atomic E-state index is 5.90. The van der Waals surface area contributed by atoms with Gasteiger partial charge in [0.05, 0.1) is 13.2 Å². The zero-order valence-electron chi connectivity index (χ0n) is 14.0. The Morgan fingerprint density at radius 1 is 1.50 bits per heavy atom. The van der Waals surface area contributed by atoms with Crippen molar-refractivity contribution in [3.05, 3.63) is 23.3 Å². The fourth-order valence-corrected chi connectivity index (χ4v) is 2.43. The Kier molecular flexibility index (Phi) is 5.52. The molecule has 2 rings (SSSR count). The van der Waals surface area contributed by atoms with Crippen molar-refractivity contribution in [1.29, 1.82) is 0 Å². The lowest BCUT2D eigenvalue weighted by molar-refractivity contribution is 0.254. The van der Waals surface area contributed by atoms with Crippen molar-refractivity contribution in [3.8, 4) is 11.5 Å². The predicted molar refractivity (Wildman–Crippen MR) is 89.6 cm³/mol. The molecule has 5 nitrogen and oxygen atoms in total. The SMILES string of the molecule is CCOc1cc2c(cc1CN=C(N)NCC(C)C)OC(C)C2. The Balaban J connectivity index is 2.12. The standard InChI is InChI=1S/C17H27N3O2/c1-5-21-15-7-13-6-12(4)22-16(13)8-14(15)10-20-17(18)19-9-11(2)3/h7-8,11-12H,5-6,9-10H2,1-4H3,(H3,18,19,20). The third-order valence-corrected chi connectivity index (χ3v) is 3.49. The monoisotopic (exact) mass is 305 g/mol. The van der Waals surface area contributed by atoms with Crippen molar-refractivity contribution in [2.24, 2.45) is 16.6 Å². The van der Waals surface area contributed by atoms with Gasteiger partial charge in [-0.05, 0) is 31.9 Å². The number of guanidine groups is 1. The average molecular weight is 305 g/mol. The molecule has 0 fully saturated rings. The van der Waals surface area contributed by atoms with E-state index in [1.165, 1.54) is 5.56 Å². The Bertz CT molecular complexity index is 541. The molecule has 1 unspecified atom stereocenters. The van der Waals surface area contributed by atoms with Crippen LogP contribution in [0.5, 0.6) is 11.5 Å². The summed E-state index contributed by atoms with van der Waals surface area (Å²) in [4.78, 5) is 4.40. The fourth-order valence-electron chi connectivity index (χ4n) is 2.43. The van der Waals surface area contributed by atoms with Crippen LogP contribution < -0.4 is 20.5 Å². The van der Waals surface area contributed by atoms with Crippen molar-refractivity contribution < 1.29 is 9.47 Å². The van der Waals surface area contributed by atoms with Crippen molar-refractivity contribution >= 4 is 5.96 Å². The van der Waals surface area contributed by atoms with Gasteiger partial charge in [-0.3, -0.25) is 0 Å². The third-order valence-electron chi connectivity index (χ3n) is 3.49. The van der Waals surface area contributed by atoms with E-state index < -0.39 is 0 Å². The summed E-state index contributed by atoms with van der Waals surface area (Å²) in [6, 6.07) is 4.11. The molecule has 1 heterocycles. The van der Waals surface area contributed by atoms with Crippen LogP contribution in [0.15, 0.2) is 17.1 Å². The fraction of sp³-hybridized carbons (Fsp3) is 0.588. The lowest BCUT2D eigenvalue weighted by atomic mass is 10.1. The molecule has 0 radical (unpaired) electrons. The minimum absolute atomic E-state index is 0.223. The molecule has 1 aliphatic heterocycles. The molecule has 0 bridgehead atoms. The predicted octanol–water partition coefficient (Wildman–Crippen LogP) is 2.47. The number of rotatable bonds is 6. The number of ether oxygens (including phenoxy) is 2. The van der Waals surface area contributed by atoms with Crippen LogP contribution in [-0.4, -0.2) is 25.2 Å². The lowest BCUT2D eigenvalue weighted by Crippen LogP contribution is -2.34. The summed E-state index contributed by atoms with van der Waals surface area (Å²) in [6.07, 6.45) is 1.15. The number of nitrogens with two attached hydrogens (primary N) is 1. The Morgan fingerprint density at radius 3 is 2.95 bits per heavy atom. The van der Waals surface area contributed by atoms with E-state index in [0.29, 0.717) is 25.0 Å². The smallest absolute Gasteiger partial charge is 0.188 e. The van der Waals surface area contributed by atoms with Crippen molar-refractivity contribution in [2.75, 3.05) is 13.2 Å². The number of hydrogen-bond acceptors (Lipinski definition) is 3. The Hall–Kier alpha value is -1.91. The second-order valence-corrected chi connectivity index (χ2v) is 6.11. The van der Waals surface area contributed by atoms with Crippen LogP contribution in [0.4, 0.5) is 0 Å². The van der Waals surface area contributed by atoms with Gasteiger partial charge in [0, 0.05) is 24.1 Å². The first-order valence-electron chi connectivity index (χ1n) is 7.98. The van der Waals surface area contributed by atoms with E-state index in [2.05, 4.69) is 37.1 Å². The van der Waals surface area contributed by atoms with Gasteiger partial charge < -0.3 is 20.5 Å². The summed E-state index contributed by atoms with van der Waals surface area (Å²) in [6.45, 7) is 10.3. The zero-order valence-corrected chi connectivity index (χ0v) is 14.0. The molecule has 3 N–H and O–H groups in total. The molecule has 122 valence electrons. The Labute approximate surface area is 132 Å². The van der Waals surface area contributed by atoms with Crippen LogP contribution in [-0.2, 0) is 13.0 Å². The van der Waals surface area contributed by atoms with Gasteiger partial charge in [-0.2, -0.15) is 0 Å². The number of hydrogen-bond donors (Lipinski definition) is 2. The average Bonchev–Trinajstić information content (AvgIpc) is 2.82. The topological polar surface area (TPSA) is 68.9 Å². The highest BCUT2D eigenvalue weighted by Crippen LogP contribution is 2.35. The highest BCUT2D eigenvalue weighted by molar-refractivity contribution is 5.77. The molecule has 5 heteroatoms. The molecular weight excluding hydrogens is 278 g/mol. The van der Waals surface area contributed by atoms with Crippen LogP contribution in [0.2, 0.25) is 0 Å². The Morgan fingerprint density at radius 2 is 2.27 bits per heavy atom. The minimum atomic E-state index is 0.223. The molecule has 1 aromatic rings. The summed E-state index contributed by atoms with van der Waals surface area (Å²) < 4.78 is 11.6. The molecule has 1 atom stereocenters. The molecule has 0 saturated heterocycles. The second-order valence-electron chi connectivity index (χ2n) is 6.11. The van der Waals surface area contributed by atoms with Crippen molar-refractivity contribution in [2.45, 2.75) is 46.8 Å². The normalized spacial score (nSPS) is 17.3. The van der Waals surface area contributed by atoms with Gasteiger partial charge in [0.15, 0.2) is 5.96 Å². The summed E-state index contributed by atoms with van der Waals surface area (Å²) >= 11 is 0. The van der Waals surface area contributed by atoms with Crippen molar-refractivity contribution in [3.63, 3.8) is 0 Å². The van der Waals surface area contributed by atoms with E-state index in [4.69, 9.17) is 15.2 Å². The van der Waals surface area contributed by atoms with E-state index >= 15 is 0 Å². The number of nitrogens with zero attached hydrogens (tertiary/aromatic N) is 1. The molecule has 1 aliphatic rings. The maximum atomic E-state index is 5.90. The van der Waals surface area contributed by atoms with Crippen LogP contribution in [0.3, 0.4) is 0 Å². The van der Waals surface area contributed by atoms with Gasteiger partial charge in [0.2, 0.25) is 0 Å². The van der Waals surface area contributed by atoms with Crippen molar-refractivity contribution in [1.82, 2.24) is 5.32 Å². The van der Waals surface area contributed by atoms with Gasteiger partial charge in [0.1, 0.15) is 17.6 Å². The molecule has 0 aliphatic carbocycles. The lowest BCUT2D eigenvalue weighted by Gasteiger charge is -2.12. The first kappa shape index (κ1) is 16.5. The zero-order chi connectivity index (χ0) is 16.1. The van der Waals surface area contributed by atoms with E-state index in [1.54, 1.807) is 0 Å². The number of fused-ring (bicyclic) bond motifs is 1. The van der Waals surface area contributed by atoms with E-state index in [-0.39, 0.29) is 6.10 Å². The summed E-state index contributed by atoms with van der Waals surface area (Å²) in [5.74, 6) is 2.81. The number of nitrogens with one attached hydrogen (secondary N) is 1. The van der Waals surface area contributed by atoms with Crippen LogP contribution in [0, 0.1) is 5.92 Å². The molecular formula is C17H27N3O2. The molecule has 0 saturated carbocycles. The molecule has 1 aromatic carbocycles. The summed E-state index contributed by atoms with van der Waals surface area (Å²) in [7, 11) is 0. The molecule has 0 aromatic heterocycles. The van der Waals surface area contributed by atoms with E-state index in [9.17, 15) is 0 Å². The number of aliphatic imine (C=N–C) groups is 1. The van der Waals surface area contributed by atoms with Crippen LogP contribution in [0.1, 0.15) is 38.8 Å². The van der Waals surface area contributed by atoms with Crippen LogP contribution in [0.25, 0.3) is 0 Å². The summed E-state index contributed by atoms with van der Waals surface area (Å²) in [5.41, 5.74) is 8.10. The van der Waals surface area contributed by atoms with Gasteiger partial charge in [-0.25, -0.2) is 4.99 Å². The maximum Gasteiger partial charge on any atom is 0.188 e. The van der Waals surface area contributed by atoms with Gasteiger partial charge in [-0.1, -0.05) is 13.8 Å². The molecule has 0 spiro atoms. The van der Waals surface area contributed by atoms with E-state index in [1.807, 2.05) is 13.0 Å². The van der Waals surface area contributed by atoms with Gasteiger partial charge >= 0.3 is 0 Å². The summed E-state index contributed by atoms with van der Waals surface area (Å²) in [5, 5.41) is 3.12. The highest BCUT2D eigenvalue weighted by Gasteiger charge is 2.21. The number of benzene rings is 1. The van der Waals surface area contributed by atoms with Crippen LogP contribution >= 0.6 is 0 Å². The van der Waals surface area contributed by atoms with Gasteiger partial charge in [0.25, 0.3) is 0 Å². The molecule has 0 amide bonds. The largest absolute Gasteiger partial charge is 0.494 e. The van der Waals surface area contributed by atoms with E-state index in [0.717, 1.165) is 30.0 Å². The highest BCUT2D eigenvalue weighted by atomic mass is 16.5. The first-order chi connectivity index (χ1) is 10.5. The minimum Gasteiger partial charge on any atom is -0.494 e.